The van der Waals surface area contributed by atoms with Gasteiger partial charge in [-0.1, -0.05) is 0 Å². The summed E-state index contributed by atoms with van der Waals surface area (Å²) >= 11 is 6.03. The molecule has 2 heterocycles. The molecule has 1 amide bonds. The number of hydroxylamine groups is 2. The fraction of sp³-hybridized carbons (Fsp3) is 0.296. The van der Waals surface area contributed by atoms with Crippen LogP contribution in [-0.4, -0.2) is 97.5 Å². The van der Waals surface area contributed by atoms with Gasteiger partial charge in [0.15, 0.2) is 11.7 Å². The number of aliphatic imine (C=N–C) groups is 2. The summed E-state index contributed by atoms with van der Waals surface area (Å²) in [6.45, 7) is 3.95. The van der Waals surface area contributed by atoms with Gasteiger partial charge in [-0.15, -0.1) is 12.4 Å². The maximum Gasteiger partial charge on any atom is 0.422 e. The van der Waals surface area contributed by atoms with Gasteiger partial charge in [0.25, 0.3) is 22.0 Å². The number of rotatable bonds is 15. The molecular weight excluding hydrogens is 982 g/mol. The average Bonchev–Trinajstić information content (AvgIpc) is 3.78. The molecule has 0 aliphatic rings. The van der Waals surface area contributed by atoms with Crippen LogP contribution in [0.4, 0.5) is 25.0 Å². The van der Waals surface area contributed by atoms with Crippen LogP contribution in [0.3, 0.4) is 0 Å². The van der Waals surface area contributed by atoms with Crippen LogP contribution in [0, 0.1) is 11.6 Å². The van der Waals surface area contributed by atoms with Gasteiger partial charge in [-0.05, 0) is 110 Å². The van der Waals surface area contributed by atoms with E-state index < -0.39 is 43.7 Å². The number of carbonyl (C=O) groups is 1. The molecule has 0 radical (unpaired) electrons. The van der Waals surface area contributed by atoms with Crippen molar-refractivity contribution in [3.63, 3.8) is 0 Å². The van der Waals surface area contributed by atoms with Gasteiger partial charge in [-0.3, -0.25) is 21.4 Å². The predicted molar refractivity (Wildman–Crippen MR) is 205 cm³/mol. The van der Waals surface area contributed by atoms with E-state index in [-0.39, 0.29) is 93.8 Å². The summed E-state index contributed by atoms with van der Waals surface area (Å²) in [5.74, 6) is -1.77. The van der Waals surface area contributed by atoms with Gasteiger partial charge < -0.3 is 14.2 Å². The molecular formula is C27H33Br2ClF2N12O12S2. The van der Waals surface area contributed by atoms with Crippen LogP contribution >= 0.6 is 44.3 Å². The molecule has 9 N–H and O–H groups in total. The number of ether oxygens (including phenoxy) is 3. The predicted octanol–water partition coefficient (Wildman–Crippen LogP) is 2.39. The number of nitrogens with zero attached hydrogens (tertiary/aromatic N) is 6. The van der Waals surface area contributed by atoms with E-state index in [0.717, 1.165) is 6.07 Å². The highest BCUT2D eigenvalue weighted by Gasteiger charge is 2.23. The monoisotopic (exact) mass is 1010 g/mol. The lowest BCUT2D eigenvalue weighted by Gasteiger charge is -2.19. The van der Waals surface area contributed by atoms with E-state index in [1.165, 1.54) is 30.3 Å². The Balaban J connectivity index is 0.000000405. The molecule has 58 heavy (non-hydrogen) atoms. The Morgan fingerprint density at radius 2 is 1.24 bits per heavy atom. The summed E-state index contributed by atoms with van der Waals surface area (Å²) < 4.78 is 102. The maximum absolute atomic E-state index is 13.4. The number of hydrogen-bond donors (Lipinski definition) is 8. The van der Waals surface area contributed by atoms with Crippen LogP contribution < -0.4 is 39.7 Å². The van der Waals surface area contributed by atoms with Gasteiger partial charge in [0, 0.05) is 13.1 Å². The Hall–Kier alpha value is -4.66. The van der Waals surface area contributed by atoms with E-state index in [0.29, 0.717) is 0 Å². The van der Waals surface area contributed by atoms with Gasteiger partial charge in [0.1, 0.15) is 30.4 Å². The molecule has 0 unspecified atom stereocenters. The minimum Gasteiger partial charge on any atom is -0.472 e. The van der Waals surface area contributed by atoms with Crippen LogP contribution in [0.5, 0.6) is 11.8 Å². The molecule has 4 aromatic rings. The van der Waals surface area contributed by atoms with Crippen LogP contribution in [0.2, 0.25) is 0 Å². The van der Waals surface area contributed by atoms with Gasteiger partial charge in [0.2, 0.25) is 11.4 Å². The minimum atomic E-state index is -4.20. The van der Waals surface area contributed by atoms with Crippen LogP contribution in [0.1, 0.15) is 32.2 Å². The number of aromatic nitrogens is 4. The third-order valence-corrected chi connectivity index (χ3v) is 8.60. The smallest absolute Gasteiger partial charge is 0.422 e. The summed E-state index contributed by atoms with van der Waals surface area (Å²) in [5.41, 5.74) is 3.06. The second-order valence-electron chi connectivity index (χ2n) is 11.3. The Labute approximate surface area is 350 Å². The lowest BCUT2D eigenvalue weighted by molar-refractivity contribution is 0.0569. The van der Waals surface area contributed by atoms with Crippen molar-refractivity contribution in [2.45, 2.75) is 26.4 Å². The molecule has 0 saturated carbocycles. The molecule has 0 atom stereocenters. The molecule has 320 valence electrons. The number of nitrogens with one attached hydrogen (secondary N) is 5. The molecule has 24 nitrogen and oxygen atoms in total. The Kier molecular flexibility index (Phi) is 19.2. The molecule has 0 fully saturated rings. The molecule has 4 rings (SSSR count). The maximum atomic E-state index is 13.4. The number of hydrogen-bond acceptors (Lipinski definition) is 18. The number of nitrogens with two attached hydrogens (primary N) is 1. The molecule has 0 aliphatic heterocycles. The van der Waals surface area contributed by atoms with E-state index in [1.807, 2.05) is 15.7 Å². The van der Waals surface area contributed by atoms with Crippen molar-refractivity contribution in [3.8, 4) is 11.8 Å². The zero-order valence-electron chi connectivity index (χ0n) is 29.8. The number of amides is 1. The van der Waals surface area contributed by atoms with Crippen LogP contribution in [0.15, 0.2) is 64.6 Å². The lowest BCUT2D eigenvalue weighted by atomic mass is 10.2. The lowest BCUT2D eigenvalue weighted by Crippen LogP contribution is -2.43. The Morgan fingerprint density at radius 1 is 0.810 bits per heavy atom. The zero-order chi connectivity index (χ0) is 42.4. The Morgan fingerprint density at radius 3 is 1.62 bits per heavy atom. The van der Waals surface area contributed by atoms with Crippen LogP contribution in [-0.2, 0) is 25.2 Å². The first-order valence-corrected chi connectivity index (χ1v) is 19.9. The van der Waals surface area contributed by atoms with E-state index in [4.69, 9.17) is 19.3 Å². The minimum absolute atomic E-state index is 0. The van der Waals surface area contributed by atoms with Crippen LogP contribution in [0.25, 0.3) is 0 Å². The van der Waals surface area contributed by atoms with Crippen molar-refractivity contribution in [2.24, 2.45) is 15.1 Å². The van der Waals surface area contributed by atoms with Crippen molar-refractivity contribution < 1.29 is 64.3 Å². The van der Waals surface area contributed by atoms with Crippen molar-refractivity contribution in [2.75, 3.05) is 26.3 Å². The molecule has 0 aliphatic carbocycles. The van der Waals surface area contributed by atoms with E-state index in [2.05, 4.69) is 76.5 Å². The third kappa shape index (κ3) is 17.1. The molecule has 0 bridgehead atoms. The van der Waals surface area contributed by atoms with Gasteiger partial charge in [-0.25, -0.2) is 42.7 Å². The molecule has 2 aromatic heterocycles. The van der Waals surface area contributed by atoms with E-state index >= 15 is 0 Å². The number of benzene rings is 2. The van der Waals surface area contributed by atoms with Gasteiger partial charge >= 0.3 is 16.3 Å². The number of halogens is 5. The molecule has 0 spiro atoms. The van der Waals surface area contributed by atoms with Crippen molar-refractivity contribution in [1.82, 2.24) is 45.8 Å². The SMILES string of the molecule is CC(C)(C)OC(=O)NS(=O)(=O)NCCOc1nonc1C(=Nc1ccc(F)c(Br)c1)NO.Cl.NS(=O)(=O)NCCOc1nonc1C(=Nc1ccc(F)c(Br)c1)NO. The summed E-state index contributed by atoms with van der Waals surface area (Å²) in [4.78, 5) is 19.6. The second kappa shape index (κ2) is 22.5. The van der Waals surface area contributed by atoms with Gasteiger partial charge in [0.05, 0.1) is 20.3 Å². The summed E-state index contributed by atoms with van der Waals surface area (Å²) in [7, 11) is -8.04. The van der Waals surface area contributed by atoms with Gasteiger partial charge in [-0.2, -0.15) is 26.3 Å². The van der Waals surface area contributed by atoms with E-state index in [1.54, 1.807) is 25.5 Å². The first kappa shape index (κ1) is 49.5. The number of amidine groups is 2. The number of carbonyl (C=O) groups excluding carboxylic acids is 1. The standard InChI is InChI=1S/C16H20BrFN6O7S.C11H12BrFN6O5S.ClH/c1-16(2,3)30-15(25)24-32(27,28)19-6-7-29-14-12(22-31-23-14)13(21-26)20-9-4-5-11(18)10(17)8-9;12-7-5-6(1-2-8(7)13)16-10(17-20)9-11(19-24-18-9)23-4-3-15-25(14,21)22;/h4-5,8,19,26H,6-7H2,1-3H3,(H,20,21)(H,24,25);1-2,5,15,20H,3-4H2,(H,16,17)(H2,14,21,22);1H. The second-order valence-corrected chi connectivity index (χ2v) is 15.9. The zero-order valence-corrected chi connectivity index (χ0v) is 35.4. The third-order valence-electron chi connectivity index (χ3n) is 5.76. The average molecular weight is 1020 g/mol. The summed E-state index contributed by atoms with van der Waals surface area (Å²) in [6, 6.07) is 7.77. The quantitative estimate of drug-likeness (QED) is 0.0367. The summed E-state index contributed by atoms with van der Waals surface area (Å²) in [6.07, 6.45) is -1.14. The van der Waals surface area contributed by atoms with E-state index in [9.17, 15) is 40.8 Å². The first-order valence-electron chi connectivity index (χ1n) is 15.3. The van der Waals surface area contributed by atoms with Crippen molar-refractivity contribution in [1.29, 1.82) is 0 Å². The van der Waals surface area contributed by atoms with Crippen molar-refractivity contribution >= 4 is 93.8 Å². The first-order chi connectivity index (χ1) is 26.7. The molecule has 2 aromatic carbocycles. The normalized spacial score (nSPS) is 12.1. The Bertz CT molecular complexity index is 2280. The largest absolute Gasteiger partial charge is 0.472 e. The highest BCUT2D eigenvalue weighted by Crippen LogP contribution is 2.25. The highest BCUT2D eigenvalue weighted by atomic mass is 79.9. The molecule has 0 saturated heterocycles. The molecule has 31 heteroatoms. The topological polar surface area (TPSA) is 342 Å². The fourth-order valence-corrected chi connectivity index (χ4v) is 5.36. The fourth-order valence-electron chi connectivity index (χ4n) is 3.57. The highest BCUT2D eigenvalue weighted by molar-refractivity contribution is 9.10. The summed E-state index contributed by atoms with van der Waals surface area (Å²) in [5, 5.41) is 37.5. The van der Waals surface area contributed by atoms with Crippen molar-refractivity contribution in [3.05, 3.63) is 68.4 Å².